The van der Waals surface area contributed by atoms with Crippen molar-refractivity contribution in [2.45, 2.75) is 51.9 Å². The summed E-state index contributed by atoms with van der Waals surface area (Å²) in [6.45, 7) is 4.35. The third kappa shape index (κ3) is 50.5. The van der Waals surface area contributed by atoms with Crippen molar-refractivity contribution in [2.24, 2.45) is 5.92 Å². The fourth-order valence-electron chi connectivity index (χ4n) is 8.78. The highest BCUT2D eigenvalue weighted by atomic mass is 31.2. The average molecular weight is 1770 g/mol. The molecule has 0 bridgehead atoms. The minimum absolute atomic E-state index is 0.0147. The SMILES string of the molecule is CCCCP(=O)(CCCO)CCCO.CP(=O)(O)CCC(=O)O.CP(=O)(OCCO)OCCO.O=C(O)CC(CP1(=O)Oc2ccccc2-c2ccccc21)C(=O)O.O=C(O)CCP(=O)(O)c1ccccc1.O=P(O)(O)O.O=P(O)(O)Oc1ccccc1.O=P(O)(O)c1ccccc1.O=P(O)(c1ccccc1)c1ccccc1. The van der Waals surface area contributed by atoms with E-state index in [9.17, 15) is 70.6 Å². The summed E-state index contributed by atoms with van der Waals surface area (Å²) in [4.78, 5) is 126. The van der Waals surface area contributed by atoms with Crippen LogP contribution < -0.4 is 35.6 Å². The molecule has 0 amide bonds. The van der Waals surface area contributed by atoms with E-state index in [0.717, 1.165) is 36.8 Å². The number of rotatable bonds is 32. The van der Waals surface area contributed by atoms with Gasteiger partial charge in [0.2, 0.25) is 7.37 Å². The van der Waals surface area contributed by atoms with Crippen LogP contribution in [0, 0.1) is 5.92 Å². The molecule has 1 aliphatic rings. The summed E-state index contributed by atoms with van der Waals surface area (Å²) in [5.74, 6) is -5.35. The Balaban J connectivity index is 0.00000128. The molecule has 18 N–H and O–H groups in total. The number of para-hydroxylation sites is 2. The van der Waals surface area contributed by atoms with Crippen molar-refractivity contribution in [3.8, 4) is 22.6 Å². The molecule has 7 aromatic rings. The van der Waals surface area contributed by atoms with E-state index in [0.29, 0.717) is 52.1 Å². The predicted molar refractivity (Wildman–Crippen MR) is 427 cm³/mol. The number of hydrogen-bond acceptors (Lipinski definition) is 21. The summed E-state index contributed by atoms with van der Waals surface area (Å²) >= 11 is 0. The maximum absolute atomic E-state index is 13.4. The lowest BCUT2D eigenvalue weighted by Gasteiger charge is -2.29. The van der Waals surface area contributed by atoms with Crippen LogP contribution in [0.3, 0.4) is 0 Å². The molecule has 1 aliphatic heterocycles. The van der Waals surface area contributed by atoms with Gasteiger partial charge in [0, 0.05) is 78.8 Å². The van der Waals surface area contributed by atoms with Gasteiger partial charge in [-0.1, -0.05) is 141 Å². The van der Waals surface area contributed by atoms with Crippen LogP contribution >= 0.6 is 67.5 Å². The van der Waals surface area contributed by atoms with E-state index in [-0.39, 0.29) is 82.0 Å². The van der Waals surface area contributed by atoms with Crippen molar-refractivity contribution in [3.05, 3.63) is 200 Å². The molecule has 0 aromatic heterocycles. The first kappa shape index (κ1) is 106. The number of aliphatic hydroxyl groups is 4. The molecule has 35 nitrogen and oxygen atoms in total. The van der Waals surface area contributed by atoms with Gasteiger partial charge in [0.05, 0.1) is 75.5 Å². The molecule has 0 aliphatic carbocycles. The summed E-state index contributed by atoms with van der Waals surface area (Å²) < 4.78 is 120. The standard InChI is InChI=1S/C17H15O6P.C12H11O2P.C10H23O3P.C9H11O4P.C6H7O4P.C6H7O3P.C5H13O5P.C4H9O4P.H3O4P/c18-16(19)9-11(17(20)21)10-24(22)15-8-4-2-6-13(15)12-5-1-3-7-14(12)23-24;13-15(14,11-7-3-1-4-8-11)12-9-5-2-6-10-12;1-2-3-8-14(13,9-4-6-11)10-5-7-12;10-9(11)6-7-14(12,13)8-4-2-1-3-5-8;7-11(8,9)10-6-4-2-1-3-5-6;7-10(8,9)6-4-2-1-3-5-6;1-11(8,9-4-2-6)10-5-3-7;1-9(7,8)3-2-4(5)6;1-5(2,3)4/h1-8,11H,9-10H2,(H,18,19)(H,20,21);1-10H,(H,13,14);11-12H,2-10H2,1H3;1-5H,6-7H2,(H,10,11)(H,12,13);1-5H,(H2,7,8,9);1-5H,(H2,7,8,9);6-7H,2-5H2,1H3;2-3H2,1H3,(H,5,6)(H,7,8);(H3,1,2,3,4). The molecule has 630 valence electrons. The van der Waals surface area contributed by atoms with Gasteiger partial charge in [0.1, 0.15) is 11.5 Å². The van der Waals surface area contributed by atoms with E-state index < -0.39 is 104 Å². The molecule has 8 rings (SSSR count). The fourth-order valence-corrected chi connectivity index (χ4v) is 19.7. The van der Waals surface area contributed by atoms with Crippen molar-refractivity contribution in [1.82, 2.24) is 0 Å². The molecule has 113 heavy (non-hydrogen) atoms. The van der Waals surface area contributed by atoms with Crippen molar-refractivity contribution in [2.75, 3.05) is 89.9 Å². The van der Waals surface area contributed by atoms with Crippen LogP contribution in [-0.2, 0) is 69.3 Å². The number of carboxylic acids is 4. The molecule has 1 heterocycles. The van der Waals surface area contributed by atoms with Crippen molar-refractivity contribution < 1.29 is 168 Å². The number of carbonyl (C=O) groups is 4. The largest absolute Gasteiger partial charge is 0.524 e. The molecule has 0 radical (unpaired) electrons. The third-order valence-electron chi connectivity index (χ3n) is 13.9. The number of fused-ring (bicyclic) bond motifs is 3. The van der Waals surface area contributed by atoms with E-state index in [1.54, 1.807) is 140 Å². The lowest BCUT2D eigenvalue weighted by atomic mass is 10.0. The number of aliphatic carboxylic acids is 4. The van der Waals surface area contributed by atoms with Crippen LogP contribution in [0.5, 0.6) is 11.5 Å². The molecule has 4 unspecified atom stereocenters. The van der Waals surface area contributed by atoms with Gasteiger partial charge >= 0.3 is 54.7 Å². The first-order valence-electron chi connectivity index (χ1n) is 33.6. The molecule has 0 saturated carbocycles. The second-order valence-corrected chi connectivity index (χ2v) is 42.4. The summed E-state index contributed by atoms with van der Waals surface area (Å²) in [6, 6.07) is 55.2. The minimum atomic E-state index is -4.64. The molecule has 0 fully saturated rings. The maximum atomic E-state index is 13.4. The zero-order valence-corrected chi connectivity index (χ0v) is 69.6. The summed E-state index contributed by atoms with van der Waals surface area (Å²) in [6.07, 6.45) is 3.54. The zero-order chi connectivity index (χ0) is 86.2. The van der Waals surface area contributed by atoms with E-state index in [1.807, 2.05) is 24.3 Å². The molecule has 7 aromatic carbocycles. The second-order valence-electron chi connectivity index (χ2n) is 23.6. The van der Waals surface area contributed by atoms with Crippen LogP contribution in [-0.4, -0.2) is 204 Å². The highest BCUT2D eigenvalue weighted by Crippen LogP contribution is 2.56. The van der Waals surface area contributed by atoms with Crippen LogP contribution in [0.2, 0.25) is 0 Å². The van der Waals surface area contributed by atoms with Gasteiger partial charge in [0.25, 0.3) is 14.7 Å². The number of aliphatic hydroxyl groups excluding tert-OH is 4. The van der Waals surface area contributed by atoms with Crippen molar-refractivity contribution >= 4 is 118 Å². The van der Waals surface area contributed by atoms with E-state index in [2.05, 4.69) is 20.5 Å². The monoisotopic (exact) mass is 1770 g/mol. The number of unbranched alkanes of at least 4 members (excludes halogenated alkanes) is 1. The highest BCUT2D eigenvalue weighted by Gasteiger charge is 2.40. The smallest absolute Gasteiger partial charge is 0.481 e. The van der Waals surface area contributed by atoms with E-state index >= 15 is 0 Å². The molecular formula is C69H99O35P9. The molecule has 4 atom stereocenters. The Bertz CT molecular complexity index is 4280. The lowest BCUT2D eigenvalue weighted by Crippen LogP contribution is -2.28. The first-order valence-corrected chi connectivity index (χ1v) is 50.1. The van der Waals surface area contributed by atoms with Gasteiger partial charge < -0.3 is 103 Å². The molecular weight excluding hydrogens is 1670 g/mol. The fraction of sp³-hybridized carbons (Fsp3) is 0.333. The van der Waals surface area contributed by atoms with Gasteiger partial charge in [-0.2, -0.15) is 0 Å². The molecule has 0 spiro atoms. The summed E-state index contributed by atoms with van der Waals surface area (Å²) in [7, 11) is -31.7. The second kappa shape index (κ2) is 54.4. The van der Waals surface area contributed by atoms with Crippen LogP contribution in [0.4, 0.5) is 0 Å². The Hall–Kier alpha value is -6.55. The summed E-state index contributed by atoms with van der Waals surface area (Å²) in [5, 5.41) is 70.4. The van der Waals surface area contributed by atoms with Crippen molar-refractivity contribution in [3.63, 3.8) is 0 Å². The minimum Gasteiger partial charge on any atom is -0.481 e. The predicted octanol–water partition coefficient (Wildman–Crippen LogP) is 8.61. The topological polar surface area (TPSA) is 623 Å². The maximum Gasteiger partial charge on any atom is 0.524 e. The van der Waals surface area contributed by atoms with Crippen LogP contribution in [0.15, 0.2) is 200 Å². The van der Waals surface area contributed by atoms with Gasteiger partial charge in [-0.05, 0) is 97.6 Å². The number of carboxylic acid groups (broad SMARTS) is 4. The number of phosphoric acid groups is 2. The normalized spacial score (nSPS) is 14.0. The number of benzene rings is 7. The third-order valence-corrected chi connectivity index (χ3v) is 27.6. The van der Waals surface area contributed by atoms with Gasteiger partial charge in [-0.3, -0.25) is 56.4 Å². The van der Waals surface area contributed by atoms with Gasteiger partial charge in [-0.15, -0.1) is 0 Å². The van der Waals surface area contributed by atoms with Crippen LogP contribution in [0.25, 0.3) is 11.1 Å². The first-order chi connectivity index (χ1) is 52.5. The summed E-state index contributed by atoms with van der Waals surface area (Å²) in [5.41, 5.74) is 1.51. The van der Waals surface area contributed by atoms with Crippen LogP contribution in [0.1, 0.15) is 51.9 Å². The van der Waals surface area contributed by atoms with E-state index in [4.69, 9.17) is 84.0 Å². The Kier molecular flexibility index (Phi) is 51.2. The van der Waals surface area contributed by atoms with Gasteiger partial charge in [-0.25, -0.2) is 9.13 Å². The van der Waals surface area contributed by atoms with Crippen molar-refractivity contribution in [1.29, 1.82) is 0 Å². The Morgan fingerprint density at radius 2 is 0.814 bits per heavy atom. The highest BCUT2D eigenvalue weighted by molar-refractivity contribution is 7.73. The average Bonchev–Trinajstić information content (AvgIpc) is 0.748. The lowest BCUT2D eigenvalue weighted by molar-refractivity contribution is -0.147. The number of phosphoric ester groups is 1. The number of hydrogen-bond donors (Lipinski definition) is 18. The Morgan fingerprint density at radius 3 is 1.17 bits per heavy atom. The quantitative estimate of drug-likeness (QED) is 0.0175. The van der Waals surface area contributed by atoms with E-state index in [1.165, 1.54) is 43.1 Å². The molecule has 0 saturated heterocycles. The Labute approximate surface area is 653 Å². The Morgan fingerprint density at radius 1 is 0.442 bits per heavy atom. The van der Waals surface area contributed by atoms with Gasteiger partial charge in [0.15, 0.2) is 7.37 Å². The zero-order valence-electron chi connectivity index (χ0n) is 61.6. The molecule has 44 heteroatoms.